The Bertz CT molecular complexity index is 307. The maximum absolute atomic E-state index is 10.9. The fourth-order valence-corrected chi connectivity index (χ4v) is 1.17. The van der Waals surface area contributed by atoms with Crippen LogP contribution < -0.4 is 11.5 Å². The molecule has 1 aromatic rings. The van der Waals surface area contributed by atoms with E-state index in [2.05, 4.69) is 0 Å². The Morgan fingerprint density at radius 2 is 2.17 bits per heavy atom. The summed E-state index contributed by atoms with van der Waals surface area (Å²) in [7, 11) is 0. The first kappa shape index (κ1) is 8.74. The Kier molecular flexibility index (Phi) is 2.45. The summed E-state index contributed by atoms with van der Waals surface area (Å²) in [6, 6.07) is 5.38. The highest BCUT2D eigenvalue weighted by atomic mass is 16.1. The van der Waals surface area contributed by atoms with Crippen molar-refractivity contribution in [2.24, 2.45) is 11.5 Å². The number of hydrogen-bond acceptors (Lipinski definition) is 2. The van der Waals surface area contributed by atoms with Gasteiger partial charge in [-0.25, -0.2) is 0 Å². The lowest BCUT2D eigenvalue weighted by atomic mass is 10.0. The first-order valence-corrected chi connectivity index (χ1v) is 3.75. The second-order valence-electron chi connectivity index (χ2n) is 2.66. The molecule has 0 radical (unpaired) electrons. The maximum atomic E-state index is 10.9. The van der Waals surface area contributed by atoms with Crippen molar-refractivity contribution >= 4 is 5.91 Å². The van der Waals surface area contributed by atoms with Gasteiger partial charge in [-0.15, -0.1) is 0 Å². The molecule has 0 saturated heterocycles. The fraction of sp³-hybridized carbons (Fsp3) is 0.222. The van der Waals surface area contributed by atoms with Gasteiger partial charge >= 0.3 is 0 Å². The first-order chi connectivity index (χ1) is 5.66. The summed E-state index contributed by atoms with van der Waals surface area (Å²) >= 11 is 0. The number of primary amides is 1. The third-order valence-corrected chi connectivity index (χ3v) is 1.93. The molecule has 0 unspecified atom stereocenters. The van der Waals surface area contributed by atoms with Crippen molar-refractivity contribution in [1.82, 2.24) is 0 Å². The second kappa shape index (κ2) is 3.36. The van der Waals surface area contributed by atoms with Crippen molar-refractivity contribution in [3.8, 4) is 0 Å². The molecule has 0 spiro atoms. The Labute approximate surface area is 71.4 Å². The van der Waals surface area contributed by atoms with Gasteiger partial charge in [-0.2, -0.15) is 0 Å². The van der Waals surface area contributed by atoms with Crippen LogP contribution in [0.1, 0.15) is 21.5 Å². The normalized spacial score (nSPS) is 9.83. The van der Waals surface area contributed by atoms with E-state index >= 15 is 0 Å². The molecular formula is C9H12N2O. The van der Waals surface area contributed by atoms with Gasteiger partial charge in [-0.3, -0.25) is 4.79 Å². The molecule has 0 fully saturated rings. The van der Waals surface area contributed by atoms with Crippen LogP contribution in [-0.2, 0) is 6.54 Å². The molecule has 1 rings (SSSR count). The van der Waals surface area contributed by atoms with E-state index in [1.807, 2.05) is 13.0 Å². The number of carbonyl (C=O) groups is 1. The average molecular weight is 164 g/mol. The average Bonchev–Trinajstić information content (AvgIpc) is 2.04. The Hall–Kier alpha value is -1.35. The van der Waals surface area contributed by atoms with E-state index in [4.69, 9.17) is 11.5 Å². The molecule has 1 amide bonds. The van der Waals surface area contributed by atoms with Crippen LogP contribution in [-0.4, -0.2) is 5.91 Å². The smallest absolute Gasteiger partial charge is 0.248 e. The molecule has 12 heavy (non-hydrogen) atoms. The second-order valence-corrected chi connectivity index (χ2v) is 2.66. The lowest BCUT2D eigenvalue weighted by molar-refractivity contribution is 0.0999. The van der Waals surface area contributed by atoms with E-state index in [-0.39, 0.29) is 0 Å². The van der Waals surface area contributed by atoms with Crippen LogP contribution in [0.15, 0.2) is 18.2 Å². The molecule has 1 aromatic carbocycles. The van der Waals surface area contributed by atoms with Crippen LogP contribution in [0, 0.1) is 6.92 Å². The summed E-state index contributed by atoms with van der Waals surface area (Å²) in [6.45, 7) is 2.29. The van der Waals surface area contributed by atoms with Crippen molar-refractivity contribution in [1.29, 1.82) is 0 Å². The third kappa shape index (κ3) is 1.46. The van der Waals surface area contributed by atoms with E-state index < -0.39 is 5.91 Å². The van der Waals surface area contributed by atoms with Crippen LogP contribution in [0.2, 0.25) is 0 Å². The fourth-order valence-electron chi connectivity index (χ4n) is 1.17. The van der Waals surface area contributed by atoms with Gasteiger partial charge in [-0.05, 0) is 24.1 Å². The van der Waals surface area contributed by atoms with Crippen LogP contribution in [0.5, 0.6) is 0 Å². The van der Waals surface area contributed by atoms with Gasteiger partial charge in [-0.1, -0.05) is 12.1 Å². The topological polar surface area (TPSA) is 69.1 Å². The molecule has 0 bridgehead atoms. The monoisotopic (exact) mass is 164 g/mol. The highest BCUT2D eigenvalue weighted by molar-refractivity contribution is 5.94. The maximum Gasteiger partial charge on any atom is 0.248 e. The van der Waals surface area contributed by atoms with Crippen LogP contribution in [0.4, 0.5) is 0 Å². The highest BCUT2D eigenvalue weighted by Gasteiger charge is 2.06. The van der Waals surface area contributed by atoms with Crippen molar-refractivity contribution in [3.05, 3.63) is 34.9 Å². The van der Waals surface area contributed by atoms with Crippen LogP contribution in [0.25, 0.3) is 0 Å². The van der Waals surface area contributed by atoms with Crippen LogP contribution >= 0.6 is 0 Å². The summed E-state index contributed by atoms with van der Waals surface area (Å²) in [6.07, 6.45) is 0. The van der Waals surface area contributed by atoms with E-state index in [0.717, 1.165) is 11.1 Å². The van der Waals surface area contributed by atoms with E-state index in [1.165, 1.54) is 0 Å². The zero-order chi connectivity index (χ0) is 9.14. The lowest BCUT2D eigenvalue weighted by Gasteiger charge is -2.05. The largest absolute Gasteiger partial charge is 0.366 e. The van der Waals surface area contributed by atoms with Gasteiger partial charge in [0, 0.05) is 12.1 Å². The van der Waals surface area contributed by atoms with Gasteiger partial charge in [0.15, 0.2) is 0 Å². The molecule has 3 heteroatoms. The number of amides is 1. The van der Waals surface area contributed by atoms with Crippen molar-refractivity contribution in [2.75, 3.05) is 0 Å². The minimum atomic E-state index is -0.400. The number of rotatable bonds is 2. The zero-order valence-electron chi connectivity index (χ0n) is 7.00. The third-order valence-electron chi connectivity index (χ3n) is 1.93. The number of benzene rings is 1. The summed E-state index contributed by atoms with van der Waals surface area (Å²) in [4.78, 5) is 10.9. The highest BCUT2D eigenvalue weighted by Crippen LogP contribution is 2.12. The summed E-state index contributed by atoms with van der Waals surface area (Å²) < 4.78 is 0. The van der Waals surface area contributed by atoms with Gasteiger partial charge < -0.3 is 11.5 Å². The quantitative estimate of drug-likeness (QED) is 0.670. The zero-order valence-corrected chi connectivity index (χ0v) is 7.00. The van der Waals surface area contributed by atoms with Crippen molar-refractivity contribution in [3.63, 3.8) is 0 Å². The minimum Gasteiger partial charge on any atom is -0.366 e. The predicted octanol–water partition coefficient (Wildman–Crippen LogP) is 0.553. The van der Waals surface area contributed by atoms with Gasteiger partial charge in [0.25, 0.3) is 0 Å². The number of carbonyl (C=O) groups excluding carboxylic acids is 1. The molecule has 0 saturated carbocycles. The molecule has 0 heterocycles. The Balaban J connectivity index is 3.23. The molecule has 0 aliphatic heterocycles. The number of nitrogens with two attached hydrogens (primary N) is 2. The summed E-state index contributed by atoms with van der Waals surface area (Å²) in [5.74, 6) is -0.400. The molecule has 64 valence electrons. The summed E-state index contributed by atoms with van der Waals surface area (Å²) in [5, 5.41) is 0. The summed E-state index contributed by atoms with van der Waals surface area (Å²) in [5.41, 5.74) is 13.0. The molecule has 0 aromatic heterocycles. The van der Waals surface area contributed by atoms with Crippen LogP contribution in [0.3, 0.4) is 0 Å². The van der Waals surface area contributed by atoms with Crippen molar-refractivity contribution < 1.29 is 4.79 Å². The number of hydrogen-bond donors (Lipinski definition) is 2. The Morgan fingerprint density at radius 1 is 1.50 bits per heavy atom. The SMILES string of the molecule is Cc1c(CN)cccc1C(N)=O. The van der Waals surface area contributed by atoms with E-state index in [1.54, 1.807) is 12.1 Å². The van der Waals surface area contributed by atoms with Crippen molar-refractivity contribution in [2.45, 2.75) is 13.5 Å². The molecule has 4 N–H and O–H groups in total. The molecule has 3 nitrogen and oxygen atoms in total. The molecule has 0 aliphatic carbocycles. The molecular weight excluding hydrogens is 152 g/mol. The molecule has 0 atom stereocenters. The van der Waals surface area contributed by atoms with Gasteiger partial charge in [0.1, 0.15) is 0 Å². The van der Waals surface area contributed by atoms with E-state index in [0.29, 0.717) is 12.1 Å². The molecule has 0 aliphatic rings. The first-order valence-electron chi connectivity index (χ1n) is 3.75. The Morgan fingerprint density at radius 3 is 2.67 bits per heavy atom. The standard InChI is InChI=1S/C9H12N2O/c1-6-7(5-10)3-2-4-8(6)9(11)12/h2-4H,5,10H2,1H3,(H2,11,12). The van der Waals surface area contributed by atoms with E-state index in [9.17, 15) is 4.79 Å². The van der Waals surface area contributed by atoms with Gasteiger partial charge in [0.05, 0.1) is 0 Å². The predicted molar refractivity (Wildman–Crippen MR) is 47.6 cm³/mol. The van der Waals surface area contributed by atoms with Gasteiger partial charge in [0.2, 0.25) is 5.91 Å². The lowest BCUT2D eigenvalue weighted by Crippen LogP contribution is -2.14. The minimum absolute atomic E-state index is 0.400.